The first kappa shape index (κ1) is 9.98. The van der Waals surface area contributed by atoms with Crippen molar-refractivity contribution >= 4 is 29.1 Å². The minimum Gasteiger partial charge on any atom is -0.476 e. The lowest BCUT2D eigenvalue weighted by Crippen LogP contribution is -2.02. The van der Waals surface area contributed by atoms with Crippen molar-refractivity contribution in [1.29, 1.82) is 0 Å². The summed E-state index contributed by atoms with van der Waals surface area (Å²) in [4.78, 5) is 14.7. The number of carboxylic acid groups (broad SMARTS) is 1. The monoisotopic (exact) mass is 229 g/mol. The highest BCUT2D eigenvalue weighted by molar-refractivity contribution is 8.00. The second-order valence-corrected chi connectivity index (χ2v) is 5.62. The molecule has 76 valence electrons. The van der Waals surface area contributed by atoms with Gasteiger partial charge in [0.2, 0.25) is 0 Å². The Kier molecular flexibility index (Phi) is 3.08. The third-order valence-corrected chi connectivity index (χ3v) is 4.47. The van der Waals surface area contributed by atoms with E-state index in [1.54, 1.807) is 5.38 Å². The zero-order valence-corrected chi connectivity index (χ0v) is 9.24. The fourth-order valence-electron chi connectivity index (χ4n) is 1.50. The Labute approximate surface area is 90.6 Å². The molecule has 1 aliphatic heterocycles. The molecule has 1 aromatic rings. The molecule has 1 fully saturated rings. The Bertz CT molecular complexity index is 331. The number of hydrogen-bond acceptors (Lipinski definition) is 4. The van der Waals surface area contributed by atoms with Crippen LogP contribution < -0.4 is 0 Å². The number of aromatic carboxylic acids is 1. The third kappa shape index (κ3) is 2.27. The molecule has 0 spiro atoms. The molecule has 2 rings (SSSR count). The fraction of sp³-hybridized carbons (Fsp3) is 0.556. The van der Waals surface area contributed by atoms with Crippen LogP contribution in [0.25, 0.3) is 0 Å². The van der Waals surface area contributed by atoms with Crippen LogP contribution in [0, 0.1) is 0 Å². The number of carbonyl (C=O) groups is 1. The molecule has 1 aliphatic rings. The van der Waals surface area contributed by atoms with Crippen LogP contribution in [0.15, 0.2) is 5.38 Å². The van der Waals surface area contributed by atoms with E-state index in [9.17, 15) is 4.79 Å². The molecular formula is C9H11NO2S2. The maximum Gasteiger partial charge on any atom is 0.355 e. The van der Waals surface area contributed by atoms with Gasteiger partial charge in [-0.2, -0.15) is 11.8 Å². The normalized spacial score (nSPS) is 21.3. The summed E-state index contributed by atoms with van der Waals surface area (Å²) in [5, 5.41) is 11.9. The molecule has 0 bridgehead atoms. The van der Waals surface area contributed by atoms with Crippen LogP contribution in [0.5, 0.6) is 0 Å². The van der Waals surface area contributed by atoms with Crippen molar-refractivity contribution in [3.63, 3.8) is 0 Å². The number of nitrogens with zero attached hydrogens (tertiary/aromatic N) is 1. The van der Waals surface area contributed by atoms with Gasteiger partial charge in [0, 0.05) is 17.1 Å². The summed E-state index contributed by atoms with van der Waals surface area (Å²) in [5.74, 6) is 0.313. The van der Waals surface area contributed by atoms with E-state index in [2.05, 4.69) is 4.98 Å². The van der Waals surface area contributed by atoms with E-state index >= 15 is 0 Å². The van der Waals surface area contributed by atoms with Gasteiger partial charge in [-0.3, -0.25) is 0 Å². The Hall–Kier alpha value is -0.550. The van der Waals surface area contributed by atoms with Crippen LogP contribution in [0.2, 0.25) is 0 Å². The predicted octanol–water partition coefficient (Wildman–Crippen LogP) is 2.28. The van der Waals surface area contributed by atoms with Gasteiger partial charge < -0.3 is 5.11 Å². The van der Waals surface area contributed by atoms with Crippen molar-refractivity contribution in [1.82, 2.24) is 4.98 Å². The lowest BCUT2D eigenvalue weighted by atomic mass is 10.2. The molecule has 1 atom stereocenters. The van der Waals surface area contributed by atoms with E-state index in [1.165, 1.54) is 29.9 Å². The molecule has 0 radical (unpaired) electrons. The molecule has 0 amide bonds. The minimum absolute atomic E-state index is 0.188. The maximum atomic E-state index is 10.6. The Morgan fingerprint density at radius 3 is 3.14 bits per heavy atom. The molecular weight excluding hydrogens is 218 g/mol. The second kappa shape index (κ2) is 4.31. The maximum absolute atomic E-state index is 10.6. The molecule has 0 aliphatic carbocycles. The Morgan fingerprint density at radius 1 is 1.71 bits per heavy atom. The number of hydrogen-bond donors (Lipinski definition) is 1. The lowest BCUT2D eigenvalue weighted by Gasteiger charge is -2.03. The molecule has 5 heteroatoms. The number of carboxylic acids is 1. The summed E-state index contributed by atoms with van der Waals surface area (Å²) in [7, 11) is 0. The minimum atomic E-state index is -0.924. The van der Waals surface area contributed by atoms with E-state index in [0.29, 0.717) is 5.25 Å². The summed E-state index contributed by atoms with van der Waals surface area (Å²) in [5.41, 5.74) is 0.188. The standard InChI is InChI=1S/C9H11NO2S2/c11-9(12)7-5-14-8(10-7)4-6-2-1-3-13-6/h5-6H,1-4H2,(H,11,12). The van der Waals surface area contributed by atoms with Crippen LogP contribution in [-0.4, -0.2) is 27.1 Å². The highest BCUT2D eigenvalue weighted by Gasteiger charge is 2.18. The first-order valence-corrected chi connectivity index (χ1v) is 6.48. The van der Waals surface area contributed by atoms with Gasteiger partial charge in [-0.25, -0.2) is 9.78 Å². The van der Waals surface area contributed by atoms with Crippen LogP contribution in [0.1, 0.15) is 28.3 Å². The van der Waals surface area contributed by atoms with Crippen LogP contribution in [0.4, 0.5) is 0 Å². The van der Waals surface area contributed by atoms with Crippen LogP contribution >= 0.6 is 23.1 Å². The quantitative estimate of drug-likeness (QED) is 0.864. The molecule has 14 heavy (non-hydrogen) atoms. The van der Waals surface area contributed by atoms with Crippen molar-refractivity contribution in [2.24, 2.45) is 0 Å². The largest absolute Gasteiger partial charge is 0.476 e. The molecule has 0 saturated carbocycles. The van der Waals surface area contributed by atoms with Gasteiger partial charge in [0.1, 0.15) is 0 Å². The van der Waals surface area contributed by atoms with E-state index in [-0.39, 0.29) is 5.69 Å². The van der Waals surface area contributed by atoms with E-state index in [0.717, 1.165) is 11.4 Å². The summed E-state index contributed by atoms with van der Waals surface area (Å²) < 4.78 is 0. The van der Waals surface area contributed by atoms with Crippen molar-refractivity contribution in [2.75, 3.05) is 5.75 Å². The van der Waals surface area contributed by atoms with Gasteiger partial charge in [-0.1, -0.05) is 0 Å². The van der Waals surface area contributed by atoms with Gasteiger partial charge >= 0.3 is 5.97 Å². The first-order valence-electron chi connectivity index (χ1n) is 4.55. The Balaban J connectivity index is 1.98. The van der Waals surface area contributed by atoms with Gasteiger partial charge in [0.25, 0.3) is 0 Å². The number of aromatic nitrogens is 1. The number of rotatable bonds is 3. The van der Waals surface area contributed by atoms with Crippen molar-refractivity contribution in [2.45, 2.75) is 24.5 Å². The molecule has 1 N–H and O–H groups in total. The lowest BCUT2D eigenvalue weighted by molar-refractivity contribution is 0.0691. The highest BCUT2D eigenvalue weighted by atomic mass is 32.2. The zero-order chi connectivity index (χ0) is 9.97. The SMILES string of the molecule is O=C(O)c1csc(CC2CCCS2)n1. The summed E-state index contributed by atoms with van der Waals surface area (Å²) in [6, 6.07) is 0. The van der Waals surface area contributed by atoms with E-state index < -0.39 is 5.97 Å². The second-order valence-electron chi connectivity index (χ2n) is 3.27. The molecule has 2 heterocycles. The summed E-state index contributed by atoms with van der Waals surface area (Å²) in [6.45, 7) is 0. The average molecular weight is 229 g/mol. The van der Waals surface area contributed by atoms with Crippen molar-refractivity contribution in [3.8, 4) is 0 Å². The zero-order valence-electron chi connectivity index (χ0n) is 7.60. The van der Waals surface area contributed by atoms with Gasteiger partial charge in [-0.15, -0.1) is 11.3 Å². The third-order valence-electron chi connectivity index (χ3n) is 2.20. The first-order chi connectivity index (χ1) is 6.75. The Morgan fingerprint density at radius 2 is 2.57 bits per heavy atom. The van der Waals surface area contributed by atoms with Crippen molar-refractivity contribution < 1.29 is 9.90 Å². The number of thiazole rings is 1. The fourth-order valence-corrected chi connectivity index (χ4v) is 3.73. The van der Waals surface area contributed by atoms with Gasteiger partial charge in [0.05, 0.1) is 5.01 Å². The molecule has 3 nitrogen and oxygen atoms in total. The summed E-state index contributed by atoms with van der Waals surface area (Å²) >= 11 is 3.43. The van der Waals surface area contributed by atoms with Crippen LogP contribution in [-0.2, 0) is 6.42 Å². The van der Waals surface area contributed by atoms with Crippen LogP contribution in [0.3, 0.4) is 0 Å². The summed E-state index contributed by atoms with van der Waals surface area (Å²) in [6.07, 6.45) is 3.46. The average Bonchev–Trinajstić information content (AvgIpc) is 2.75. The van der Waals surface area contributed by atoms with E-state index in [4.69, 9.17) is 5.11 Å². The molecule has 1 aromatic heterocycles. The van der Waals surface area contributed by atoms with E-state index in [1.807, 2.05) is 11.8 Å². The predicted molar refractivity (Wildman–Crippen MR) is 58.3 cm³/mol. The van der Waals surface area contributed by atoms with Gasteiger partial charge in [0.15, 0.2) is 5.69 Å². The molecule has 0 aromatic carbocycles. The highest BCUT2D eigenvalue weighted by Crippen LogP contribution is 2.29. The molecule has 1 unspecified atom stereocenters. The van der Waals surface area contributed by atoms with Gasteiger partial charge in [-0.05, 0) is 18.6 Å². The number of thioether (sulfide) groups is 1. The topological polar surface area (TPSA) is 50.2 Å². The smallest absolute Gasteiger partial charge is 0.355 e. The van der Waals surface area contributed by atoms with Crippen molar-refractivity contribution in [3.05, 3.63) is 16.1 Å². The molecule has 1 saturated heterocycles.